The molecule has 0 saturated heterocycles. The molecular formula is C20H14IN3O2. The zero-order chi connectivity index (χ0) is 18.1. The van der Waals surface area contributed by atoms with Crippen molar-refractivity contribution in [3.05, 3.63) is 75.5 Å². The molecule has 0 spiro atoms. The number of halogens is 1. The Labute approximate surface area is 163 Å². The molecule has 2 heterocycles. The lowest BCUT2D eigenvalue weighted by Crippen LogP contribution is -2.13. The van der Waals surface area contributed by atoms with Gasteiger partial charge < -0.3 is 9.73 Å². The number of oxazole rings is 1. The monoisotopic (exact) mass is 455 g/mol. The minimum atomic E-state index is -0.150. The summed E-state index contributed by atoms with van der Waals surface area (Å²) in [5.74, 6) is 0.338. The van der Waals surface area contributed by atoms with Gasteiger partial charge in [-0.3, -0.25) is 4.79 Å². The molecule has 0 aliphatic rings. The first-order valence-electron chi connectivity index (χ1n) is 8.00. The number of amides is 1. The molecule has 0 aliphatic heterocycles. The Hall–Kier alpha value is -2.74. The van der Waals surface area contributed by atoms with Gasteiger partial charge in [-0.25, -0.2) is 4.98 Å². The molecule has 26 heavy (non-hydrogen) atoms. The predicted octanol–water partition coefficient (Wildman–Crippen LogP) is 5.06. The highest BCUT2D eigenvalue weighted by Gasteiger charge is 2.15. The summed E-state index contributed by atoms with van der Waals surface area (Å²) in [5.41, 5.74) is 4.25. The summed E-state index contributed by atoms with van der Waals surface area (Å²) in [6.45, 7) is 1.93. The Bertz CT molecular complexity index is 1090. The van der Waals surface area contributed by atoms with Crippen molar-refractivity contribution in [1.82, 2.24) is 9.97 Å². The van der Waals surface area contributed by atoms with Crippen LogP contribution in [0.2, 0.25) is 0 Å². The molecule has 0 saturated carbocycles. The molecule has 0 unspecified atom stereocenters. The van der Waals surface area contributed by atoms with Crippen molar-refractivity contribution in [3.8, 4) is 11.5 Å². The quantitative estimate of drug-likeness (QED) is 0.439. The molecular weight excluding hydrogens is 441 g/mol. The fourth-order valence-corrected chi connectivity index (χ4v) is 3.25. The van der Waals surface area contributed by atoms with Gasteiger partial charge in [0, 0.05) is 26.6 Å². The standard InChI is InChI=1S/C20H14IN3O2/c1-12-15(20-24-18-17(26-20)9-4-10-22-18)7-3-8-16(12)23-19(25)13-5-2-6-14(21)11-13/h2-11H,1H3,(H,23,25). The summed E-state index contributed by atoms with van der Waals surface area (Å²) in [6, 6.07) is 16.8. The van der Waals surface area contributed by atoms with Crippen LogP contribution in [0.3, 0.4) is 0 Å². The molecule has 2 aromatic heterocycles. The lowest BCUT2D eigenvalue weighted by Gasteiger charge is -2.11. The van der Waals surface area contributed by atoms with Crippen molar-refractivity contribution in [2.45, 2.75) is 6.92 Å². The summed E-state index contributed by atoms with van der Waals surface area (Å²) in [7, 11) is 0. The number of carbonyl (C=O) groups excluding carboxylic acids is 1. The van der Waals surface area contributed by atoms with Gasteiger partial charge in [-0.05, 0) is 77.5 Å². The fourth-order valence-electron chi connectivity index (χ4n) is 2.71. The maximum atomic E-state index is 12.5. The van der Waals surface area contributed by atoms with E-state index < -0.39 is 0 Å². The van der Waals surface area contributed by atoms with Crippen LogP contribution in [0.4, 0.5) is 5.69 Å². The number of anilines is 1. The van der Waals surface area contributed by atoms with Crippen molar-refractivity contribution >= 4 is 45.4 Å². The van der Waals surface area contributed by atoms with Crippen LogP contribution < -0.4 is 5.32 Å². The van der Waals surface area contributed by atoms with Gasteiger partial charge in [0.2, 0.25) is 5.89 Å². The van der Waals surface area contributed by atoms with Crippen molar-refractivity contribution in [2.24, 2.45) is 0 Å². The number of benzene rings is 2. The second kappa shape index (κ2) is 6.87. The maximum absolute atomic E-state index is 12.5. The molecule has 0 aliphatic carbocycles. The third-order valence-electron chi connectivity index (χ3n) is 4.06. The molecule has 4 aromatic rings. The number of hydrogen-bond donors (Lipinski definition) is 1. The number of aromatic nitrogens is 2. The van der Waals surface area contributed by atoms with Crippen LogP contribution in [0.5, 0.6) is 0 Å². The van der Waals surface area contributed by atoms with Gasteiger partial charge in [0.25, 0.3) is 5.91 Å². The third kappa shape index (κ3) is 3.20. The number of pyridine rings is 1. The van der Waals surface area contributed by atoms with E-state index in [0.717, 1.165) is 20.4 Å². The van der Waals surface area contributed by atoms with Gasteiger partial charge in [0.1, 0.15) is 0 Å². The molecule has 4 rings (SSSR count). The van der Waals surface area contributed by atoms with Crippen LogP contribution in [0.1, 0.15) is 15.9 Å². The minimum Gasteiger partial charge on any atom is -0.434 e. The molecule has 0 fully saturated rings. The van der Waals surface area contributed by atoms with Crippen molar-refractivity contribution in [3.63, 3.8) is 0 Å². The number of rotatable bonds is 3. The van der Waals surface area contributed by atoms with Crippen LogP contribution in [0.15, 0.2) is 65.2 Å². The minimum absolute atomic E-state index is 0.150. The highest BCUT2D eigenvalue weighted by Crippen LogP contribution is 2.30. The van der Waals surface area contributed by atoms with Crippen LogP contribution >= 0.6 is 22.6 Å². The van der Waals surface area contributed by atoms with Crippen molar-refractivity contribution in [1.29, 1.82) is 0 Å². The topological polar surface area (TPSA) is 68.0 Å². The van der Waals surface area contributed by atoms with E-state index in [1.54, 1.807) is 12.3 Å². The van der Waals surface area contributed by atoms with E-state index in [0.29, 0.717) is 22.7 Å². The molecule has 6 heteroatoms. The largest absolute Gasteiger partial charge is 0.434 e. The van der Waals surface area contributed by atoms with Crippen LogP contribution in [-0.2, 0) is 0 Å². The first-order valence-corrected chi connectivity index (χ1v) is 9.08. The van der Waals surface area contributed by atoms with E-state index in [1.165, 1.54) is 0 Å². The molecule has 1 N–H and O–H groups in total. The van der Waals surface area contributed by atoms with Gasteiger partial charge in [-0.15, -0.1) is 0 Å². The van der Waals surface area contributed by atoms with E-state index in [2.05, 4.69) is 37.9 Å². The summed E-state index contributed by atoms with van der Waals surface area (Å²) >= 11 is 2.19. The Kier molecular flexibility index (Phi) is 4.42. The van der Waals surface area contributed by atoms with Crippen LogP contribution in [-0.4, -0.2) is 15.9 Å². The summed E-state index contributed by atoms with van der Waals surface area (Å²) in [6.07, 6.45) is 1.68. The first kappa shape index (κ1) is 16.7. The summed E-state index contributed by atoms with van der Waals surface area (Å²) in [5, 5.41) is 2.97. The van der Waals surface area contributed by atoms with Crippen LogP contribution in [0, 0.1) is 10.5 Å². The highest BCUT2D eigenvalue weighted by molar-refractivity contribution is 14.1. The van der Waals surface area contributed by atoms with Crippen LogP contribution in [0.25, 0.3) is 22.7 Å². The molecule has 1 amide bonds. The zero-order valence-electron chi connectivity index (χ0n) is 13.9. The lowest BCUT2D eigenvalue weighted by atomic mass is 10.1. The second-order valence-electron chi connectivity index (χ2n) is 5.79. The van der Waals surface area contributed by atoms with Gasteiger partial charge >= 0.3 is 0 Å². The average molecular weight is 455 g/mol. The highest BCUT2D eigenvalue weighted by atomic mass is 127. The first-order chi connectivity index (χ1) is 12.6. The Morgan fingerprint density at radius 3 is 2.77 bits per heavy atom. The second-order valence-corrected chi connectivity index (χ2v) is 7.03. The van der Waals surface area contributed by atoms with Gasteiger partial charge in [0.15, 0.2) is 11.2 Å². The number of carbonyl (C=O) groups is 1. The van der Waals surface area contributed by atoms with E-state index in [1.807, 2.05) is 55.5 Å². The fraction of sp³-hybridized carbons (Fsp3) is 0.0500. The van der Waals surface area contributed by atoms with E-state index >= 15 is 0 Å². The van der Waals surface area contributed by atoms with Crippen molar-refractivity contribution in [2.75, 3.05) is 5.32 Å². The number of nitrogens with one attached hydrogen (secondary N) is 1. The molecule has 5 nitrogen and oxygen atoms in total. The third-order valence-corrected chi connectivity index (χ3v) is 4.74. The van der Waals surface area contributed by atoms with Gasteiger partial charge in [-0.2, -0.15) is 4.98 Å². The SMILES string of the molecule is Cc1c(NC(=O)c2cccc(I)c2)cccc1-c1nc2ncccc2o1. The Morgan fingerprint density at radius 2 is 1.96 bits per heavy atom. The van der Waals surface area contributed by atoms with E-state index in [4.69, 9.17) is 4.42 Å². The smallest absolute Gasteiger partial charge is 0.255 e. The lowest BCUT2D eigenvalue weighted by molar-refractivity contribution is 0.102. The maximum Gasteiger partial charge on any atom is 0.255 e. The summed E-state index contributed by atoms with van der Waals surface area (Å²) < 4.78 is 6.82. The molecule has 128 valence electrons. The number of nitrogens with zero attached hydrogens (tertiary/aromatic N) is 2. The van der Waals surface area contributed by atoms with E-state index in [9.17, 15) is 4.79 Å². The number of hydrogen-bond acceptors (Lipinski definition) is 4. The molecule has 0 bridgehead atoms. The molecule has 0 radical (unpaired) electrons. The number of fused-ring (bicyclic) bond motifs is 1. The average Bonchev–Trinajstić information content (AvgIpc) is 3.07. The van der Waals surface area contributed by atoms with Crippen molar-refractivity contribution < 1.29 is 9.21 Å². The normalized spacial score (nSPS) is 10.8. The Morgan fingerprint density at radius 1 is 1.12 bits per heavy atom. The van der Waals surface area contributed by atoms with E-state index in [-0.39, 0.29) is 5.91 Å². The molecule has 0 atom stereocenters. The predicted molar refractivity (Wildman–Crippen MR) is 109 cm³/mol. The molecule has 2 aromatic carbocycles. The van der Waals surface area contributed by atoms with Gasteiger partial charge in [0.05, 0.1) is 0 Å². The Balaban J connectivity index is 1.68. The zero-order valence-corrected chi connectivity index (χ0v) is 16.0. The summed E-state index contributed by atoms with van der Waals surface area (Å²) in [4.78, 5) is 21.2. The van der Waals surface area contributed by atoms with Gasteiger partial charge in [-0.1, -0.05) is 12.1 Å².